The summed E-state index contributed by atoms with van der Waals surface area (Å²) >= 11 is 0. The zero-order chi connectivity index (χ0) is 24.5. The highest BCUT2D eigenvalue weighted by Gasteiger charge is 2.06. The van der Waals surface area contributed by atoms with E-state index < -0.39 is 5.75 Å². The second-order valence-electron chi connectivity index (χ2n) is 7.36. The Bertz CT molecular complexity index is 1250. The Morgan fingerprint density at radius 3 is 1.35 bits per heavy atom. The van der Waals surface area contributed by atoms with Crippen molar-refractivity contribution in [2.45, 2.75) is 0 Å². The first kappa shape index (κ1) is 23.8. The van der Waals surface area contributed by atoms with Gasteiger partial charge in [0.25, 0.3) is 0 Å². The van der Waals surface area contributed by atoms with Crippen molar-refractivity contribution in [3.05, 3.63) is 107 Å². The number of hydrogen-bond acceptors (Lipinski definition) is 6. The van der Waals surface area contributed by atoms with Crippen LogP contribution in [0.15, 0.2) is 84.9 Å². The van der Waals surface area contributed by atoms with Crippen molar-refractivity contribution in [3.8, 4) is 34.5 Å². The normalized spacial score (nSPS) is 10.8. The fourth-order valence-electron chi connectivity index (χ4n) is 2.97. The Morgan fingerprint density at radius 1 is 0.382 bits per heavy atom. The summed E-state index contributed by atoms with van der Waals surface area (Å²) < 4.78 is 0. The van der Waals surface area contributed by atoms with Gasteiger partial charge in [0.15, 0.2) is 17.2 Å². The van der Waals surface area contributed by atoms with Crippen molar-refractivity contribution < 1.29 is 30.6 Å². The van der Waals surface area contributed by atoms with Crippen molar-refractivity contribution in [2.24, 2.45) is 0 Å². The molecule has 4 rings (SSSR count). The lowest BCUT2D eigenvalue weighted by Crippen LogP contribution is -1.76. The molecular weight excluding hydrogens is 432 g/mol. The SMILES string of the molecule is Oc1cc(C=Cc2ccccc2)cc(O)c1O.Oc1ccc(/C=C/c2cc(O)cc(O)c2)cc1. The monoisotopic (exact) mass is 456 g/mol. The van der Waals surface area contributed by atoms with Crippen LogP contribution in [0.5, 0.6) is 34.5 Å². The van der Waals surface area contributed by atoms with E-state index in [9.17, 15) is 25.5 Å². The number of phenols is 6. The summed E-state index contributed by atoms with van der Waals surface area (Å²) in [6.07, 6.45) is 7.19. The zero-order valence-electron chi connectivity index (χ0n) is 18.1. The smallest absolute Gasteiger partial charge is 0.200 e. The lowest BCUT2D eigenvalue weighted by molar-refractivity contribution is 0.368. The maximum absolute atomic E-state index is 9.33. The summed E-state index contributed by atoms with van der Waals surface area (Å²) in [6.45, 7) is 0. The minimum atomic E-state index is -0.498. The molecule has 0 amide bonds. The standard InChI is InChI=1S/2C14H12O3/c15-12-5-3-10(4-6-12)1-2-11-7-13(16)9-14(17)8-11;15-12-8-11(9-13(16)14(12)17)7-6-10-4-2-1-3-5-10/h2*1-9,15-17H/b2-1+;. The summed E-state index contributed by atoms with van der Waals surface area (Å²) in [4.78, 5) is 0. The molecule has 0 saturated carbocycles. The number of rotatable bonds is 4. The van der Waals surface area contributed by atoms with Gasteiger partial charge >= 0.3 is 0 Å². The summed E-state index contributed by atoms with van der Waals surface area (Å²) in [5.41, 5.74) is 3.25. The Balaban J connectivity index is 0.000000191. The van der Waals surface area contributed by atoms with Gasteiger partial charge in [-0.15, -0.1) is 0 Å². The Hall–Kier alpha value is -4.84. The van der Waals surface area contributed by atoms with Crippen LogP contribution in [0.4, 0.5) is 0 Å². The first-order valence-electron chi connectivity index (χ1n) is 10.3. The lowest BCUT2D eigenvalue weighted by Gasteiger charge is -2.02. The summed E-state index contributed by atoms with van der Waals surface area (Å²) in [5.74, 6) is -0.903. The highest BCUT2D eigenvalue weighted by Crippen LogP contribution is 2.35. The average Bonchev–Trinajstić information content (AvgIpc) is 2.81. The van der Waals surface area contributed by atoms with Crippen molar-refractivity contribution in [3.63, 3.8) is 0 Å². The van der Waals surface area contributed by atoms with Crippen LogP contribution in [0.3, 0.4) is 0 Å². The van der Waals surface area contributed by atoms with Gasteiger partial charge in [0.1, 0.15) is 17.2 Å². The number of phenolic OH excluding ortho intramolecular Hbond substituents is 6. The second-order valence-corrected chi connectivity index (χ2v) is 7.36. The molecule has 34 heavy (non-hydrogen) atoms. The van der Waals surface area contributed by atoms with E-state index in [4.69, 9.17) is 5.11 Å². The Morgan fingerprint density at radius 2 is 0.824 bits per heavy atom. The molecule has 172 valence electrons. The molecule has 0 saturated heterocycles. The van der Waals surface area contributed by atoms with Crippen LogP contribution >= 0.6 is 0 Å². The predicted octanol–water partition coefficient (Wildman–Crippen LogP) is 5.95. The number of hydrogen-bond donors (Lipinski definition) is 6. The molecule has 0 aliphatic rings. The van der Waals surface area contributed by atoms with Crippen LogP contribution in [0, 0.1) is 0 Å². The Labute approximate surface area is 196 Å². The maximum Gasteiger partial charge on any atom is 0.200 e. The van der Waals surface area contributed by atoms with Crippen molar-refractivity contribution >= 4 is 24.3 Å². The molecule has 0 fully saturated rings. The molecule has 4 aromatic rings. The highest BCUT2D eigenvalue weighted by atomic mass is 16.3. The van der Waals surface area contributed by atoms with Crippen LogP contribution in [-0.4, -0.2) is 30.6 Å². The molecule has 0 atom stereocenters. The van der Waals surface area contributed by atoms with Gasteiger partial charge in [-0.25, -0.2) is 0 Å². The zero-order valence-corrected chi connectivity index (χ0v) is 18.1. The quantitative estimate of drug-likeness (QED) is 0.167. The fourth-order valence-corrected chi connectivity index (χ4v) is 2.97. The van der Waals surface area contributed by atoms with Gasteiger partial charge in [-0.2, -0.15) is 0 Å². The molecule has 0 unspecified atom stereocenters. The third-order valence-electron chi connectivity index (χ3n) is 4.65. The van der Waals surface area contributed by atoms with Gasteiger partial charge in [-0.3, -0.25) is 0 Å². The largest absolute Gasteiger partial charge is 0.508 e. The molecule has 6 N–H and O–H groups in total. The topological polar surface area (TPSA) is 121 Å². The van der Waals surface area contributed by atoms with E-state index >= 15 is 0 Å². The molecule has 6 heteroatoms. The number of benzene rings is 4. The molecule has 4 aromatic carbocycles. The summed E-state index contributed by atoms with van der Waals surface area (Å²) in [7, 11) is 0. The van der Waals surface area contributed by atoms with E-state index in [1.54, 1.807) is 48.6 Å². The fraction of sp³-hybridized carbons (Fsp3) is 0. The van der Waals surface area contributed by atoms with Gasteiger partial charge in [0, 0.05) is 6.07 Å². The van der Waals surface area contributed by atoms with Gasteiger partial charge in [0.2, 0.25) is 0 Å². The van der Waals surface area contributed by atoms with Crippen LogP contribution < -0.4 is 0 Å². The van der Waals surface area contributed by atoms with E-state index in [0.717, 1.165) is 11.1 Å². The van der Waals surface area contributed by atoms with Gasteiger partial charge < -0.3 is 30.6 Å². The van der Waals surface area contributed by atoms with Gasteiger partial charge in [0.05, 0.1) is 0 Å². The van der Waals surface area contributed by atoms with Crippen LogP contribution in [0.1, 0.15) is 22.3 Å². The maximum atomic E-state index is 9.33. The molecule has 0 bridgehead atoms. The summed E-state index contributed by atoms with van der Waals surface area (Å²) in [5, 5.41) is 55.6. The summed E-state index contributed by atoms with van der Waals surface area (Å²) in [6, 6.07) is 23.5. The van der Waals surface area contributed by atoms with E-state index in [1.165, 1.54) is 18.2 Å². The van der Waals surface area contributed by atoms with E-state index in [2.05, 4.69) is 0 Å². The van der Waals surface area contributed by atoms with Crippen LogP contribution in [-0.2, 0) is 0 Å². The highest BCUT2D eigenvalue weighted by molar-refractivity contribution is 5.72. The predicted molar refractivity (Wildman–Crippen MR) is 134 cm³/mol. The molecule has 0 aliphatic carbocycles. The molecule has 0 spiro atoms. The van der Waals surface area contributed by atoms with Crippen molar-refractivity contribution in [2.75, 3.05) is 0 Å². The molecule has 6 nitrogen and oxygen atoms in total. The third-order valence-corrected chi connectivity index (χ3v) is 4.65. The molecule has 0 aromatic heterocycles. The minimum absolute atomic E-state index is 0.0235. The molecular formula is C28H24O6. The Kier molecular flexibility index (Phi) is 7.81. The molecule has 0 heterocycles. The third kappa shape index (κ3) is 7.10. The van der Waals surface area contributed by atoms with E-state index in [1.807, 2.05) is 42.5 Å². The van der Waals surface area contributed by atoms with Crippen molar-refractivity contribution in [1.29, 1.82) is 0 Å². The molecule has 0 aliphatic heterocycles. The van der Waals surface area contributed by atoms with Gasteiger partial charge in [-0.1, -0.05) is 66.8 Å². The van der Waals surface area contributed by atoms with Crippen LogP contribution in [0.25, 0.3) is 24.3 Å². The van der Waals surface area contributed by atoms with Crippen molar-refractivity contribution in [1.82, 2.24) is 0 Å². The second kappa shape index (κ2) is 11.2. The number of aromatic hydroxyl groups is 6. The van der Waals surface area contributed by atoms with E-state index in [-0.39, 0.29) is 28.7 Å². The lowest BCUT2D eigenvalue weighted by atomic mass is 10.1. The van der Waals surface area contributed by atoms with Crippen LogP contribution in [0.2, 0.25) is 0 Å². The van der Waals surface area contributed by atoms with Gasteiger partial charge in [-0.05, 0) is 58.7 Å². The molecule has 0 radical (unpaired) electrons. The minimum Gasteiger partial charge on any atom is -0.508 e. The van der Waals surface area contributed by atoms with E-state index in [0.29, 0.717) is 11.1 Å². The first-order valence-corrected chi connectivity index (χ1v) is 10.3. The first-order chi connectivity index (χ1) is 16.3. The average molecular weight is 456 g/mol.